The van der Waals surface area contributed by atoms with Crippen LogP contribution in [0.25, 0.3) is 0 Å². The largest absolute Gasteiger partial charge is 0.356 e. The molecule has 0 saturated heterocycles. The molecule has 0 radical (unpaired) electrons. The lowest BCUT2D eigenvalue weighted by Gasteiger charge is -2.12. The molecule has 1 rings (SSSR count). The molecule has 0 aliphatic carbocycles. The van der Waals surface area contributed by atoms with Crippen LogP contribution in [0.2, 0.25) is 0 Å². The minimum absolute atomic E-state index is 0. The summed E-state index contributed by atoms with van der Waals surface area (Å²) in [5.74, 6) is 1.48. The monoisotopic (exact) mass is 431 g/mol. The minimum Gasteiger partial charge on any atom is -0.356 e. The fourth-order valence-corrected chi connectivity index (χ4v) is 2.56. The predicted octanol–water partition coefficient (Wildman–Crippen LogP) is 3.45. The molecule has 17 heavy (non-hydrogen) atoms. The van der Waals surface area contributed by atoms with Crippen molar-refractivity contribution >= 4 is 57.2 Å². The van der Waals surface area contributed by atoms with Crippen molar-refractivity contribution in [3.05, 3.63) is 20.8 Å². The summed E-state index contributed by atoms with van der Waals surface area (Å²) in [6, 6.07) is 4.17. The Kier molecular flexibility index (Phi) is 9.25. The molecule has 0 bridgehead atoms. The molecule has 3 nitrogen and oxygen atoms in total. The number of aliphatic imine (C=N–C) groups is 1. The highest BCUT2D eigenvalue weighted by atomic mass is 127. The lowest BCUT2D eigenvalue weighted by atomic mass is 10.2. The topological polar surface area (TPSA) is 36.4 Å². The van der Waals surface area contributed by atoms with Gasteiger partial charge < -0.3 is 10.6 Å². The molecular weight excluding hydrogens is 413 g/mol. The standard InChI is InChI=1S/C11H18BrN3S.HI/c1-8(2)6-14-11(13-3)15-7-9-4-5-10(12)16-9;/h4-5,8H,6-7H2,1-3H3,(H2,13,14,15);1H. The Morgan fingerprint density at radius 2 is 2.12 bits per heavy atom. The normalized spacial score (nSPS) is 11.2. The number of rotatable bonds is 4. The number of nitrogens with zero attached hydrogens (tertiary/aromatic N) is 1. The van der Waals surface area contributed by atoms with Gasteiger partial charge in [0.1, 0.15) is 0 Å². The number of halogens is 2. The average Bonchev–Trinajstić information content (AvgIpc) is 2.64. The number of hydrogen-bond donors (Lipinski definition) is 2. The highest BCUT2D eigenvalue weighted by Crippen LogP contribution is 2.21. The maximum Gasteiger partial charge on any atom is 0.191 e. The van der Waals surface area contributed by atoms with Gasteiger partial charge in [-0.3, -0.25) is 4.99 Å². The summed E-state index contributed by atoms with van der Waals surface area (Å²) in [6.45, 7) is 6.11. The van der Waals surface area contributed by atoms with E-state index in [1.807, 2.05) is 0 Å². The Bertz CT molecular complexity index is 352. The van der Waals surface area contributed by atoms with Gasteiger partial charge in [-0.1, -0.05) is 13.8 Å². The fraction of sp³-hybridized carbons (Fsp3) is 0.545. The van der Waals surface area contributed by atoms with Gasteiger partial charge in [0.2, 0.25) is 0 Å². The first-order valence-corrected chi connectivity index (χ1v) is 6.91. The van der Waals surface area contributed by atoms with Crippen molar-refractivity contribution in [1.82, 2.24) is 10.6 Å². The van der Waals surface area contributed by atoms with Crippen molar-refractivity contribution in [2.75, 3.05) is 13.6 Å². The van der Waals surface area contributed by atoms with E-state index in [1.165, 1.54) is 4.88 Å². The van der Waals surface area contributed by atoms with E-state index in [4.69, 9.17) is 0 Å². The Hall–Kier alpha value is 0.180. The zero-order chi connectivity index (χ0) is 12.0. The molecular formula is C11H19BrIN3S. The van der Waals surface area contributed by atoms with Crippen molar-refractivity contribution < 1.29 is 0 Å². The highest BCUT2D eigenvalue weighted by Gasteiger charge is 2.01. The summed E-state index contributed by atoms with van der Waals surface area (Å²) in [7, 11) is 1.79. The molecule has 0 aliphatic rings. The van der Waals surface area contributed by atoms with Gasteiger partial charge in [-0.25, -0.2) is 0 Å². The lowest BCUT2D eigenvalue weighted by Crippen LogP contribution is -2.38. The molecule has 0 spiro atoms. The third kappa shape index (κ3) is 7.25. The molecule has 2 N–H and O–H groups in total. The van der Waals surface area contributed by atoms with Gasteiger partial charge in [-0.2, -0.15) is 0 Å². The molecule has 6 heteroatoms. The van der Waals surface area contributed by atoms with Crippen LogP contribution >= 0.6 is 51.2 Å². The second-order valence-corrected chi connectivity index (χ2v) is 6.45. The van der Waals surface area contributed by atoms with E-state index in [-0.39, 0.29) is 24.0 Å². The fourth-order valence-electron chi connectivity index (χ4n) is 1.14. The quantitative estimate of drug-likeness (QED) is 0.435. The molecule has 1 aromatic rings. The van der Waals surface area contributed by atoms with Crippen LogP contribution in [-0.2, 0) is 6.54 Å². The van der Waals surface area contributed by atoms with Gasteiger partial charge >= 0.3 is 0 Å². The molecule has 0 aliphatic heterocycles. The van der Waals surface area contributed by atoms with Gasteiger partial charge in [-0.05, 0) is 34.0 Å². The number of hydrogen-bond acceptors (Lipinski definition) is 2. The van der Waals surface area contributed by atoms with Crippen LogP contribution in [0, 0.1) is 5.92 Å². The molecule has 0 saturated carbocycles. The number of thiophene rings is 1. The van der Waals surface area contributed by atoms with Gasteiger partial charge in [0, 0.05) is 18.5 Å². The summed E-state index contributed by atoms with van der Waals surface area (Å²) in [5, 5.41) is 6.56. The van der Waals surface area contributed by atoms with E-state index in [0.29, 0.717) is 5.92 Å². The predicted molar refractivity (Wildman–Crippen MR) is 90.5 cm³/mol. The van der Waals surface area contributed by atoms with Crippen LogP contribution in [-0.4, -0.2) is 19.6 Å². The Morgan fingerprint density at radius 3 is 2.59 bits per heavy atom. The van der Waals surface area contributed by atoms with Crippen LogP contribution in [0.5, 0.6) is 0 Å². The molecule has 0 atom stereocenters. The molecule has 98 valence electrons. The summed E-state index contributed by atoms with van der Waals surface area (Å²) in [6.07, 6.45) is 0. The minimum atomic E-state index is 0. The van der Waals surface area contributed by atoms with Gasteiger partial charge in [0.15, 0.2) is 5.96 Å². The van der Waals surface area contributed by atoms with Crippen LogP contribution < -0.4 is 10.6 Å². The summed E-state index contributed by atoms with van der Waals surface area (Å²) in [4.78, 5) is 5.46. The summed E-state index contributed by atoms with van der Waals surface area (Å²) < 4.78 is 1.16. The average molecular weight is 432 g/mol. The van der Waals surface area contributed by atoms with E-state index in [2.05, 4.69) is 57.5 Å². The lowest BCUT2D eigenvalue weighted by molar-refractivity contribution is 0.615. The van der Waals surface area contributed by atoms with Crippen molar-refractivity contribution in [2.24, 2.45) is 10.9 Å². The van der Waals surface area contributed by atoms with Crippen molar-refractivity contribution in [3.8, 4) is 0 Å². The molecule has 0 aromatic carbocycles. The molecule has 1 aromatic heterocycles. The zero-order valence-corrected chi connectivity index (χ0v) is 15.0. The van der Waals surface area contributed by atoms with E-state index in [1.54, 1.807) is 18.4 Å². The van der Waals surface area contributed by atoms with Gasteiger partial charge in [-0.15, -0.1) is 35.3 Å². The first-order chi connectivity index (χ1) is 7.61. The van der Waals surface area contributed by atoms with Crippen molar-refractivity contribution in [1.29, 1.82) is 0 Å². The van der Waals surface area contributed by atoms with Crippen molar-refractivity contribution in [2.45, 2.75) is 20.4 Å². The maximum atomic E-state index is 4.17. The Morgan fingerprint density at radius 1 is 1.41 bits per heavy atom. The third-order valence-electron chi connectivity index (χ3n) is 1.96. The summed E-state index contributed by atoms with van der Waals surface area (Å²) in [5.41, 5.74) is 0. The smallest absolute Gasteiger partial charge is 0.191 e. The molecule has 0 fully saturated rings. The molecule has 1 heterocycles. The van der Waals surface area contributed by atoms with Crippen LogP contribution in [0.3, 0.4) is 0 Å². The first kappa shape index (κ1) is 17.2. The SMILES string of the molecule is CN=C(NCc1ccc(Br)s1)NCC(C)C.I. The summed E-state index contributed by atoms with van der Waals surface area (Å²) >= 11 is 5.19. The van der Waals surface area contributed by atoms with E-state index in [0.717, 1.165) is 22.8 Å². The third-order valence-corrected chi connectivity index (χ3v) is 3.58. The Labute approximate surface area is 133 Å². The van der Waals surface area contributed by atoms with Gasteiger partial charge in [0.25, 0.3) is 0 Å². The second-order valence-electron chi connectivity index (χ2n) is 3.91. The van der Waals surface area contributed by atoms with Crippen LogP contribution in [0.15, 0.2) is 20.9 Å². The maximum absolute atomic E-state index is 4.17. The van der Waals surface area contributed by atoms with Crippen LogP contribution in [0.1, 0.15) is 18.7 Å². The van der Waals surface area contributed by atoms with Gasteiger partial charge in [0.05, 0.1) is 10.3 Å². The highest BCUT2D eigenvalue weighted by molar-refractivity contribution is 14.0. The molecule has 0 unspecified atom stereocenters. The van der Waals surface area contributed by atoms with Crippen LogP contribution in [0.4, 0.5) is 0 Å². The van der Waals surface area contributed by atoms with E-state index < -0.39 is 0 Å². The zero-order valence-electron chi connectivity index (χ0n) is 10.3. The van der Waals surface area contributed by atoms with E-state index in [9.17, 15) is 0 Å². The number of nitrogens with one attached hydrogen (secondary N) is 2. The van der Waals surface area contributed by atoms with E-state index >= 15 is 0 Å². The van der Waals surface area contributed by atoms with Crippen molar-refractivity contribution in [3.63, 3.8) is 0 Å². The molecule has 0 amide bonds. The first-order valence-electron chi connectivity index (χ1n) is 5.30. The Balaban J connectivity index is 0.00000256. The second kappa shape index (κ2) is 9.16. The number of guanidine groups is 1.